The Morgan fingerprint density at radius 3 is 1.25 bits per heavy atom. The van der Waals surface area contributed by atoms with Gasteiger partial charge in [0.15, 0.2) is 0 Å². The monoisotopic (exact) mass is 196 g/mol. The molecule has 0 fully saturated rings. The van der Waals surface area contributed by atoms with Gasteiger partial charge in [0.1, 0.15) is 0 Å². The van der Waals surface area contributed by atoms with Crippen molar-refractivity contribution >= 4 is 35.8 Å². The third-order valence-corrected chi connectivity index (χ3v) is 0. The van der Waals surface area contributed by atoms with Gasteiger partial charge in [-0.05, 0) is 0 Å². The molecule has 4 heavy (non-hydrogen) atoms. The molecule has 0 amide bonds. The van der Waals surface area contributed by atoms with Gasteiger partial charge in [-0.3, -0.25) is 0 Å². The summed E-state index contributed by atoms with van der Waals surface area (Å²) in [4.78, 5) is 0. The van der Waals surface area contributed by atoms with E-state index in [2.05, 4.69) is 18.6 Å². The summed E-state index contributed by atoms with van der Waals surface area (Å²) >= 11 is -0.603. The van der Waals surface area contributed by atoms with Crippen LogP contribution in [0.1, 0.15) is 0 Å². The van der Waals surface area contributed by atoms with Crippen molar-refractivity contribution in [2.45, 2.75) is 0 Å². The first-order valence-electron chi connectivity index (χ1n) is 0.408. The zero-order chi connectivity index (χ0) is 2.71. The molecule has 0 aliphatic carbocycles. The van der Waals surface area contributed by atoms with E-state index in [1.54, 1.807) is 0 Å². The first kappa shape index (κ1) is 8.97. The quantitative estimate of drug-likeness (QED) is 0.528. The number of hydrogen-bond donors (Lipinski definition) is 0. The van der Waals surface area contributed by atoms with Crippen molar-refractivity contribution in [3.05, 3.63) is 7.43 Å². The Labute approximate surface area is 43.1 Å². The molecule has 0 aromatic heterocycles. The molecule has 20 valence electrons. The maximum absolute atomic E-state index is 4.38. The van der Waals surface area contributed by atoms with Crippen LogP contribution < -0.4 is 0 Å². The van der Waals surface area contributed by atoms with Gasteiger partial charge in [-0.2, -0.15) is 0 Å². The van der Waals surface area contributed by atoms with E-state index in [-0.39, 0.29) is 7.43 Å². The Bertz CT molecular complexity index is 27.0. The molecule has 0 saturated carbocycles. The van der Waals surface area contributed by atoms with E-state index < -0.39 is 17.3 Å². The van der Waals surface area contributed by atoms with Gasteiger partial charge in [0.25, 0.3) is 0 Å². The van der Waals surface area contributed by atoms with E-state index in [1.807, 2.05) is 0 Å². The van der Waals surface area contributed by atoms with Gasteiger partial charge in [-0.1, -0.05) is 0 Å². The molecule has 0 aliphatic rings. The third-order valence-electron chi connectivity index (χ3n) is 0. The average Bonchev–Trinajstić information content (AvgIpc) is 0.918. The minimum atomic E-state index is -0.603. The molecule has 4 radical (unpaired) electrons. The standard InChI is InChI=1S/C.2S.Sn. The fourth-order valence-electron chi connectivity index (χ4n) is 0. The van der Waals surface area contributed by atoms with Gasteiger partial charge >= 0.3 is 35.8 Å². The van der Waals surface area contributed by atoms with E-state index >= 15 is 0 Å². The van der Waals surface area contributed by atoms with Gasteiger partial charge in [0.2, 0.25) is 0 Å². The normalized spacial score (nSPS) is 2.00. The SMILES string of the molecule is [C].[S]=[Sn]=[S]. The first-order chi connectivity index (χ1) is 1.41. The second kappa shape index (κ2) is 8.87. The van der Waals surface area contributed by atoms with E-state index in [0.29, 0.717) is 0 Å². The van der Waals surface area contributed by atoms with Crippen LogP contribution in [0.3, 0.4) is 0 Å². The van der Waals surface area contributed by atoms with Crippen LogP contribution in [-0.2, 0) is 0 Å². The zero-order valence-corrected chi connectivity index (χ0v) is 6.30. The van der Waals surface area contributed by atoms with Crippen molar-refractivity contribution in [2.24, 2.45) is 0 Å². The van der Waals surface area contributed by atoms with Crippen molar-refractivity contribution in [1.29, 1.82) is 0 Å². The van der Waals surface area contributed by atoms with E-state index in [4.69, 9.17) is 0 Å². The predicted octanol–water partition coefficient (Wildman–Crippen LogP) is 0.997. The molecule has 0 nitrogen and oxygen atoms in total. The van der Waals surface area contributed by atoms with Gasteiger partial charge in [0, 0.05) is 7.43 Å². The average molecular weight is 195 g/mol. The molecule has 0 aliphatic heterocycles. The molecule has 0 N–H and O–H groups in total. The molecular formula is CS2Sn. The van der Waals surface area contributed by atoms with Crippen molar-refractivity contribution in [2.75, 3.05) is 0 Å². The van der Waals surface area contributed by atoms with Crippen molar-refractivity contribution < 1.29 is 0 Å². The molecule has 0 unspecified atom stereocenters. The predicted molar refractivity (Wildman–Crippen MR) is 24.2 cm³/mol. The molecule has 0 bridgehead atoms. The van der Waals surface area contributed by atoms with Gasteiger partial charge < -0.3 is 0 Å². The molecule has 0 aromatic carbocycles. The Kier molecular flexibility index (Phi) is 19.9. The van der Waals surface area contributed by atoms with Crippen LogP contribution in [0, 0.1) is 7.43 Å². The molecule has 3 heteroatoms. The zero-order valence-electron chi connectivity index (χ0n) is 1.82. The van der Waals surface area contributed by atoms with E-state index in [1.165, 1.54) is 0 Å². The maximum atomic E-state index is 4.38. The topological polar surface area (TPSA) is 0 Å². The molecule has 0 spiro atoms. The third kappa shape index (κ3) is 10.6. The minimum absolute atomic E-state index is 0. The van der Waals surface area contributed by atoms with Crippen molar-refractivity contribution in [3.63, 3.8) is 0 Å². The summed E-state index contributed by atoms with van der Waals surface area (Å²) in [5, 5.41) is 0. The van der Waals surface area contributed by atoms with Crippen molar-refractivity contribution in [1.82, 2.24) is 0 Å². The molecular weight excluding hydrogens is 195 g/mol. The fraction of sp³-hybridized carbons (Fsp3) is 0. The van der Waals surface area contributed by atoms with Crippen LogP contribution in [-0.4, -0.2) is 17.3 Å². The molecule has 0 aromatic rings. The summed E-state index contributed by atoms with van der Waals surface area (Å²) in [6.45, 7) is 0. The second-order valence-electron chi connectivity index (χ2n) is 0.0833. The first-order valence-corrected chi connectivity index (χ1v) is 8.22. The molecule has 0 heterocycles. The summed E-state index contributed by atoms with van der Waals surface area (Å²) in [5.41, 5.74) is 0. The van der Waals surface area contributed by atoms with Gasteiger partial charge in [-0.25, -0.2) is 0 Å². The summed E-state index contributed by atoms with van der Waals surface area (Å²) in [6.07, 6.45) is 0. The van der Waals surface area contributed by atoms with Crippen LogP contribution >= 0.6 is 18.6 Å². The van der Waals surface area contributed by atoms with Crippen LogP contribution in [0.25, 0.3) is 0 Å². The van der Waals surface area contributed by atoms with E-state index in [0.717, 1.165) is 0 Å². The Morgan fingerprint density at radius 2 is 1.25 bits per heavy atom. The number of rotatable bonds is 0. The summed E-state index contributed by atoms with van der Waals surface area (Å²) < 4.78 is 0. The van der Waals surface area contributed by atoms with Crippen molar-refractivity contribution in [3.8, 4) is 0 Å². The Hall–Kier alpha value is 1.24. The molecule has 0 atom stereocenters. The Balaban J connectivity index is 0. The number of hydrogen-bond acceptors (Lipinski definition) is 2. The fourth-order valence-corrected chi connectivity index (χ4v) is 0. The van der Waals surface area contributed by atoms with E-state index in [9.17, 15) is 0 Å². The molecule has 0 saturated heterocycles. The van der Waals surface area contributed by atoms with Gasteiger partial charge in [0.05, 0.1) is 0 Å². The van der Waals surface area contributed by atoms with Gasteiger partial charge in [-0.15, -0.1) is 0 Å². The van der Waals surface area contributed by atoms with Crippen LogP contribution in [0.15, 0.2) is 0 Å². The summed E-state index contributed by atoms with van der Waals surface area (Å²) in [6, 6.07) is 0. The Morgan fingerprint density at radius 1 is 1.25 bits per heavy atom. The van der Waals surface area contributed by atoms with Crippen LogP contribution in [0.2, 0.25) is 0 Å². The summed E-state index contributed by atoms with van der Waals surface area (Å²) in [5.74, 6) is 0. The molecule has 0 rings (SSSR count). The van der Waals surface area contributed by atoms with Crippen LogP contribution in [0.4, 0.5) is 0 Å². The van der Waals surface area contributed by atoms with Crippen LogP contribution in [0.5, 0.6) is 0 Å². The summed E-state index contributed by atoms with van der Waals surface area (Å²) in [7, 11) is 8.76. The second-order valence-corrected chi connectivity index (χ2v) is 5.03.